The van der Waals surface area contributed by atoms with Crippen molar-refractivity contribution < 1.29 is 9.23 Å². The Morgan fingerprint density at radius 2 is 1.68 bits per heavy atom. The minimum Gasteiger partial charge on any atom is -0.357 e. The molecule has 3 aromatic rings. The van der Waals surface area contributed by atoms with Crippen LogP contribution in [0.2, 0.25) is 0 Å². The van der Waals surface area contributed by atoms with Crippen LogP contribution in [-0.4, -0.2) is 28.8 Å². The fourth-order valence-corrected chi connectivity index (χ4v) is 3.08. The van der Waals surface area contributed by atoms with Gasteiger partial charge in [0.2, 0.25) is 5.95 Å². The van der Waals surface area contributed by atoms with Crippen molar-refractivity contribution >= 4 is 11.7 Å². The van der Waals surface area contributed by atoms with E-state index >= 15 is 0 Å². The van der Waals surface area contributed by atoms with Crippen LogP contribution in [0.25, 0.3) is 11.1 Å². The minimum absolute atomic E-state index is 0.337. The van der Waals surface area contributed by atoms with Crippen LogP contribution in [0.4, 0.5) is 10.3 Å². The lowest BCUT2D eigenvalue weighted by Crippen LogP contribution is -2.35. The van der Waals surface area contributed by atoms with E-state index in [4.69, 9.17) is 4.84 Å². The molecular weight excluding hydrogens is 355 g/mol. The monoisotopic (exact) mass is 375 g/mol. The predicted octanol–water partition coefficient (Wildman–Crippen LogP) is 4.50. The lowest BCUT2D eigenvalue weighted by Gasteiger charge is -2.27. The normalized spacial score (nSPS) is 14.1. The van der Waals surface area contributed by atoms with Crippen molar-refractivity contribution in [2.24, 2.45) is 5.16 Å². The molecule has 0 bridgehead atoms. The van der Waals surface area contributed by atoms with Gasteiger partial charge in [-0.05, 0) is 24.6 Å². The van der Waals surface area contributed by atoms with E-state index in [1.54, 1.807) is 30.6 Å². The molecule has 1 fully saturated rings. The van der Waals surface area contributed by atoms with Crippen LogP contribution in [0.15, 0.2) is 66.1 Å². The van der Waals surface area contributed by atoms with Gasteiger partial charge in [0.1, 0.15) is 5.82 Å². The van der Waals surface area contributed by atoms with Crippen molar-refractivity contribution in [1.82, 2.24) is 9.97 Å². The lowest BCUT2D eigenvalue weighted by atomic mass is 10.1. The summed E-state index contributed by atoms with van der Waals surface area (Å²) >= 11 is 0. The molecule has 2 heterocycles. The van der Waals surface area contributed by atoms with Crippen LogP contribution < -0.4 is 9.74 Å². The molecule has 0 aliphatic carbocycles. The highest BCUT2D eigenvalue weighted by molar-refractivity contribution is 5.86. The first kappa shape index (κ1) is 18.1. The average Bonchev–Trinajstić information content (AvgIpc) is 2.76. The van der Waals surface area contributed by atoms with Gasteiger partial charge in [0, 0.05) is 49.5 Å². The van der Waals surface area contributed by atoms with Crippen molar-refractivity contribution in [3.63, 3.8) is 0 Å². The molecule has 6 heteroatoms. The molecule has 1 aliphatic heterocycles. The standard InChI is InChI=1S/C22H20FN4O/c1-16-6-5-9-20(21(16)23)17-14-24-22(25-15-17)27-12-10-18(11-13-27)26-28-19-7-3-2-4-8-19/h2-9,14-15H,1,10-13H2. The van der Waals surface area contributed by atoms with Gasteiger partial charge < -0.3 is 9.74 Å². The Labute approximate surface area is 163 Å². The molecule has 1 aromatic heterocycles. The van der Waals surface area contributed by atoms with Gasteiger partial charge in [-0.1, -0.05) is 41.6 Å². The number of hydrogen-bond acceptors (Lipinski definition) is 5. The summed E-state index contributed by atoms with van der Waals surface area (Å²) in [4.78, 5) is 16.4. The number of halogens is 1. The minimum atomic E-state index is -0.337. The van der Waals surface area contributed by atoms with Gasteiger partial charge in [0.15, 0.2) is 5.75 Å². The number of oxime groups is 1. The van der Waals surface area contributed by atoms with E-state index in [0.29, 0.717) is 22.6 Å². The van der Waals surface area contributed by atoms with Gasteiger partial charge in [0.05, 0.1) is 5.71 Å². The third kappa shape index (κ3) is 4.01. The predicted molar refractivity (Wildman–Crippen MR) is 108 cm³/mol. The van der Waals surface area contributed by atoms with Crippen LogP contribution in [0.1, 0.15) is 18.4 Å². The Morgan fingerprint density at radius 3 is 2.39 bits per heavy atom. The molecule has 1 saturated heterocycles. The molecule has 4 rings (SSSR count). The summed E-state index contributed by atoms with van der Waals surface area (Å²) in [7, 11) is 0. The summed E-state index contributed by atoms with van der Waals surface area (Å²) in [5.74, 6) is 1.03. The average molecular weight is 375 g/mol. The fourth-order valence-electron chi connectivity index (χ4n) is 3.08. The van der Waals surface area contributed by atoms with Crippen molar-refractivity contribution in [2.75, 3.05) is 18.0 Å². The molecule has 28 heavy (non-hydrogen) atoms. The third-order valence-corrected chi connectivity index (χ3v) is 4.67. The zero-order valence-corrected chi connectivity index (χ0v) is 15.4. The first-order chi connectivity index (χ1) is 13.7. The molecule has 1 radical (unpaired) electrons. The van der Waals surface area contributed by atoms with E-state index in [-0.39, 0.29) is 5.82 Å². The maximum atomic E-state index is 14.2. The number of nitrogens with zero attached hydrogens (tertiary/aromatic N) is 4. The van der Waals surface area contributed by atoms with Crippen LogP contribution in [0.3, 0.4) is 0 Å². The van der Waals surface area contributed by atoms with Gasteiger partial charge in [-0.3, -0.25) is 0 Å². The van der Waals surface area contributed by atoms with Crippen molar-refractivity contribution in [3.8, 4) is 16.9 Å². The first-order valence-electron chi connectivity index (χ1n) is 9.16. The van der Waals surface area contributed by atoms with E-state index in [9.17, 15) is 4.39 Å². The zero-order chi connectivity index (χ0) is 19.3. The summed E-state index contributed by atoms with van der Waals surface area (Å²) in [6.07, 6.45) is 4.89. The lowest BCUT2D eigenvalue weighted by molar-refractivity contribution is 0.337. The van der Waals surface area contributed by atoms with Gasteiger partial charge >= 0.3 is 0 Å². The van der Waals surface area contributed by atoms with Crippen LogP contribution >= 0.6 is 0 Å². The zero-order valence-electron chi connectivity index (χ0n) is 15.4. The van der Waals surface area contributed by atoms with Crippen molar-refractivity contribution in [2.45, 2.75) is 12.8 Å². The molecule has 141 valence electrons. The Balaban J connectivity index is 1.39. The molecule has 0 N–H and O–H groups in total. The number of rotatable bonds is 4. The molecule has 0 atom stereocenters. The smallest absolute Gasteiger partial charge is 0.225 e. The molecule has 1 aliphatic rings. The van der Waals surface area contributed by atoms with E-state index in [2.05, 4.69) is 26.9 Å². The molecule has 0 amide bonds. The topological polar surface area (TPSA) is 50.6 Å². The van der Waals surface area contributed by atoms with E-state index in [1.165, 1.54) is 0 Å². The summed E-state index contributed by atoms with van der Waals surface area (Å²) < 4.78 is 14.2. The largest absolute Gasteiger partial charge is 0.357 e. The number of piperidine rings is 1. The van der Waals surface area contributed by atoms with Crippen LogP contribution in [0, 0.1) is 12.7 Å². The van der Waals surface area contributed by atoms with Crippen LogP contribution in [0.5, 0.6) is 5.75 Å². The van der Waals surface area contributed by atoms with Gasteiger partial charge in [-0.2, -0.15) is 0 Å². The summed E-state index contributed by atoms with van der Waals surface area (Å²) in [5, 5.41) is 4.25. The summed E-state index contributed by atoms with van der Waals surface area (Å²) in [5.41, 5.74) is 2.49. The number of aromatic nitrogens is 2. The Kier molecular flexibility index (Phi) is 5.28. The number of anilines is 1. The van der Waals surface area contributed by atoms with E-state index < -0.39 is 0 Å². The number of hydrogen-bond donors (Lipinski definition) is 0. The van der Waals surface area contributed by atoms with E-state index in [1.807, 2.05) is 30.3 Å². The van der Waals surface area contributed by atoms with Gasteiger partial charge in [-0.25, -0.2) is 14.4 Å². The number of para-hydroxylation sites is 1. The molecule has 5 nitrogen and oxygen atoms in total. The van der Waals surface area contributed by atoms with Crippen molar-refractivity contribution in [1.29, 1.82) is 0 Å². The highest BCUT2D eigenvalue weighted by Crippen LogP contribution is 2.25. The quantitative estimate of drug-likeness (QED) is 0.630. The molecule has 0 saturated carbocycles. The Bertz CT molecular complexity index is 964. The molecule has 0 unspecified atom stereocenters. The maximum Gasteiger partial charge on any atom is 0.225 e. The second-order valence-electron chi connectivity index (χ2n) is 6.60. The molecule has 0 spiro atoms. The molecular formula is C22H20FN4O. The summed E-state index contributed by atoms with van der Waals surface area (Å²) in [6, 6.07) is 14.6. The third-order valence-electron chi connectivity index (χ3n) is 4.67. The van der Waals surface area contributed by atoms with Gasteiger partial charge in [0.25, 0.3) is 0 Å². The first-order valence-corrected chi connectivity index (χ1v) is 9.16. The second kappa shape index (κ2) is 8.17. The second-order valence-corrected chi connectivity index (χ2v) is 6.60. The highest BCUT2D eigenvalue weighted by Gasteiger charge is 2.18. The van der Waals surface area contributed by atoms with E-state index in [0.717, 1.165) is 37.4 Å². The maximum absolute atomic E-state index is 14.2. The SMILES string of the molecule is [CH2]c1cccc(-c2cnc(N3CCC(=NOc4ccccc4)CC3)nc2)c1F. The number of benzene rings is 2. The fraction of sp³-hybridized carbons (Fsp3) is 0.182. The van der Waals surface area contributed by atoms with Gasteiger partial charge in [-0.15, -0.1) is 0 Å². The Morgan fingerprint density at radius 1 is 0.964 bits per heavy atom. The Hall–Kier alpha value is -3.28. The highest BCUT2D eigenvalue weighted by atomic mass is 19.1. The summed E-state index contributed by atoms with van der Waals surface area (Å²) in [6.45, 7) is 5.22. The van der Waals surface area contributed by atoms with Crippen LogP contribution in [-0.2, 0) is 0 Å². The van der Waals surface area contributed by atoms with Crippen molar-refractivity contribution in [3.05, 3.63) is 79.2 Å². The molecule has 2 aromatic carbocycles.